The second kappa shape index (κ2) is 4.88. The van der Waals surface area contributed by atoms with E-state index < -0.39 is 0 Å². The minimum atomic E-state index is 0.240. The summed E-state index contributed by atoms with van der Waals surface area (Å²) >= 11 is 3.42. The second-order valence-electron chi connectivity index (χ2n) is 5.23. The van der Waals surface area contributed by atoms with Crippen molar-refractivity contribution in [2.24, 2.45) is 5.41 Å². The summed E-state index contributed by atoms with van der Waals surface area (Å²) in [7, 11) is 2.05. The first kappa shape index (κ1) is 13.1. The zero-order valence-electron chi connectivity index (χ0n) is 10.2. The smallest absolute Gasteiger partial charge is 0.0992 e. The van der Waals surface area contributed by atoms with Crippen LogP contribution in [-0.4, -0.2) is 13.6 Å². The SMILES string of the molecule is CN(CC(C)(C)C)c1cc(Br)cc(C#N)c1. The van der Waals surface area contributed by atoms with Gasteiger partial charge in [0.15, 0.2) is 0 Å². The lowest BCUT2D eigenvalue weighted by Gasteiger charge is -2.28. The minimum Gasteiger partial charge on any atom is -0.374 e. The Morgan fingerprint density at radius 3 is 2.44 bits per heavy atom. The highest BCUT2D eigenvalue weighted by molar-refractivity contribution is 9.10. The summed E-state index contributed by atoms with van der Waals surface area (Å²) in [6.45, 7) is 7.56. The van der Waals surface area contributed by atoms with Gasteiger partial charge in [-0.3, -0.25) is 0 Å². The van der Waals surface area contributed by atoms with Crippen LogP contribution in [0.4, 0.5) is 5.69 Å². The van der Waals surface area contributed by atoms with E-state index in [0.29, 0.717) is 5.56 Å². The molecule has 1 aromatic carbocycles. The summed E-state index contributed by atoms with van der Waals surface area (Å²) in [5.74, 6) is 0. The van der Waals surface area contributed by atoms with Crippen molar-refractivity contribution in [1.82, 2.24) is 0 Å². The molecule has 0 bridgehead atoms. The highest BCUT2D eigenvalue weighted by atomic mass is 79.9. The van der Waals surface area contributed by atoms with Gasteiger partial charge in [0.1, 0.15) is 0 Å². The molecule has 0 spiro atoms. The summed E-state index contributed by atoms with van der Waals surface area (Å²) in [6, 6.07) is 7.94. The van der Waals surface area contributed by atoms with E-state index in [1.165, 1.54) is 0 Å². The lowest BCUT2D eigenvalue weighted by Crippen LogP contribution is -2.29. The number of nitriles is 1. The topological polar surface area (TPSA) is 27.0 Å². The van der Waals surface area contributed by atoms with Crippen LogP contribution in [0, 0.1) is 16.7 Å². The number of rotatable bonds is 2. The zero-order valence-corrected chi connectivity index (χ0v) is 11.8. The Labute approximate surface area is 106 Å². The molecular weight excluding hydrogens is 264 g/mol. The monoisotopic (exact) mass is 280 g/mol. The molecule has 0 N–H and O–H groups in total. The lowest BCUT2D eigenvalue weighted by molar-refractivity contribution is 0.419. The number of nitrogens with zero attached hydrogens (tertiary/aromatic N) is 2. The van der Waals surface area contributed by atoms with Crippen molar-refractivity contribution in [2.45, 2.75) is 20.8 Å². The summed E-state index contributed by atoms with van der Waals surface area (Å²) in [4.78, 5) is 2.17. The van der Waals surface area contributed by atoms with E-state index in [4.69, 9.17) is 5.26 Å². The van der Waals surface area contributed by atoms with Crippen LogP contribution in [0.3, 0.4) is 0 Å². The van der Waals surface area contributed by atoms with Crippen LogP contribution in [0.5, 0.6) is 0 Å². The number of hydrogen-bond donors (Lipinski definition) is 0. The molecule has 0 amide bonds. The molecule has 0 aliphatic carbocycles. The van der Waals surface area contributed by atoms with Gasteiger partial charge >= 0.3 is 0 Å². The summed E-state index contributed by atoms with van der Waals surface area (Å²) < 4.78 is 0.947. The van der Waals surface area contributed by atoms with Crippen molar-refractivity contribution in [1.29, 1.82) is 5.26 Å². The van der Waals surface area contributed by atoms with Gasteiger partial charge in [0.2, 0.25) is 0 Å². The van der Waals surface area contributed by atoms with Gasteiger partial charge < -0.3 is 4.90 Å². The molecule has 0 aromatic heterocycles. The van der Waals surface area contributed by atoms with Crippen LogP contribution in [0.2, 0.25) is 0 Å². The van der Waals surface area contributed by atoms with E-state index in [2.05, 4.69) is 47.7 Å². The van der Waals surface area contributed by atoms with Crippen molar-refractivity contribution in [3.63, 3.8) is 0 Å². The van der Waals surface area contributed by atoms with Crippen molar-refractivity contribution < 1.29 is 0 Å². The lowest BCUT2D eigenvalue weighted by atomic mass is 9.96. The highest BCUT2D eigenvalue weighted by Gasteiger charge is 2.14. The highest BCUT2D eigenvalue weighted by Crippen LogP contribution is 2.24. The molecular formula is C13H17BrN2. The summed E-state index contributed by atoms with van der Waals surface area (Å²) in [6.07, 6.45) is 0. The molecule has 1 rings (SSSR count). The minimum absolute atomic E-state index is 0.240. The van der Waals surface area contributed by atoms with E-state index in [0.717, 1.165) is 16.7 Å². The molecule has 0 aliphatic rings. The van der Waals surface area contributed by atoms with Gasteiger partial charge in [0.25, 0.3) is 0 Å². The van der Waals surface area contributed by atoms with Crippen molar-refractivity contribution in [2.75, 3.05) is 18.5 Å². The number of hydrogen-bond acceptors (Lipinski definition) is 2. The molecule has 0 saturated heterocycles. The summed E-state index contributed by atoms with van der Waals surface area (Å²) in [5, 5.41) is 8.91. The third-order valence-corrected chi connectivity index (χ3v) is 2.62. The third kappa shape index (κ3) is 3.86. The zero-order chi connectivity index (χ0) is 12.3. The number of halogens is 1. The Morgan fingerprint density at radius 1 is 1.31 bits per heavy atom. The maximum absolute atomic E-state index is 8.91. The average Bonchev–Trinajstić information content (AvgIpc) is 2.14. The fraction of sp³-hybridized carbons (Fsp3) is 0.462. The average molecular weight is 281 g/mol. The normalized spacial score (nSPS) is 11.0. The van der Waals surface area contributed by atoms with Crippen molar-refractivity contribution in [3.05, 3.63) is 28.2 Å². The quantitative estimate of drug-likeness (QED) is 0.824. The van der Waals surface area contributed by atoms with Gasteiger partial charge in [-0.05, 0) is 23.6 Å². The molecule has 0 aliphatic heterocycles. The Hall–Kier alpha value is -1.01. The van der Waals surface area contributed by atoms with Gasteiger partial charge in [-0.2, -0.15) is 5.26 Å². The molecule has 1 aromatic rings. The summed E-state index contributed by atoms with van der Waals surface area (Å²) in [5.41, 5.74) is 2.00. The molecule has 0 heterocycles. The Bertz CT molecular complexity index is 413. The van der Waals surface area contributed by atoms with E-state index >= 15 is 0 Å². The van der Waals surface area contributed by atoms with Gasteiger partial charge in [-0.25, -0.2) is 0 Å². The van der Waals surface area contributed by atoms with Gasteiger partial charge in [-0.15, -0.1) is 0 Å². The van der Waals surface area contributed by atoms with Crippen molar-refractivity contribution in [3.8, 4) is 6.07 Å². The fourth-order valence-corrected chi connectivity index (χ4v) is 2.14. The second-order valence-corrected chi connectivity index (χ2v) is 6.14. The van der Waals surface area contributed by atoms with Crippen LogP contribution < -0.4 is 4.90 Å². The van der Waals surface area contributed by atoms with E-state index in [1.807, 2.05) is 25.2 Å². The van der Waals surface area contributed by atoms with Gasteiger partial charge in [0, 0.05) is 23.8 Å². The number of anilines is 1. The van der Waals surface area contributed by atoms with Crippen LogP contribution in [0.15, 0.2) is 22.7 Å². The van der Waals surface area contributed by atoms with Gasteiger partial charge in [0.05, 0.1) is 11.6 Å². The largest absolute Gasteiger partial charge is 0.374 e. The van der Waals surface area contributed by atoms with Crippen LogP contribution in [0.1, 0.15) is 26.3 Å². The molecule has 3 heteroatoms. The predicted octanol–water partition coefficient (Wildman–Crippen LogP) is 3.80. The number of benzene rings is 1. The molecule has 2 nitrogen and oxygen atoms in total. The first-order chi connectivity index (χ1) is 7.31. The fourth-order valence-electron chi connectivity index (χ4n) is 1.66. The van der Waals surface area contributed by atoms with Crippen LogP contribution in [0.25, 0.3) is 0 Å². The van der Waals surface area contributed by atoms with Crippen LogP contribution >= 0.6 is 15.9 Å². The molecule has 16 heavy (non-hydrogen) atoms. The first-order valence-corrected chi connectivity index (χ1v) is 6.03. The Balaban J connectivity index is 2.96. The van der Waals surface area contributed by atoms with Crippen molar-refractivity contribution >= 4 is 21.6 Å². The molecule has 0 atom stereocenters. The first-order valence-electron chi connectivity index (χ1n) is 5.24. The maximum Gasteiger partial charge on any atom is 0.0992 e. The third-order valence-electron chi connectivity index (χ3n) is 2.16. The van der Waals surface area contributed by atoms with Gasteiger partial charge in [-0.1, -0.05) is 36.7 Å². The predicted molar refractivity (Wildman–Crippen MR) is 71.6 cm³/mol. The van der Waals surface area contributed by atoms with Crippen LogP contribution in [-0.2, 0) is 0 Å². The molecule has 0 unspecified atom stereocenters. The maximum atomic E-state index is 8.91. The Morgan fingerprint density at radius 2 is 1.94 bits per heavy atom. The Kier molecular flexibility index (Phi) is 3.98. The molecule has 0 saturated carbocycles. The van der Waals surface area contributed by atoms with E-state index in [9.17, 15) is 0 Å². The molecule has 0 radical (unpaired) electrons. The van der Waals surface area contributed by atoms with E-state index in [1.54, 1.807) is 0 Å². The molecule has 0 fully saturated rings. The molecule has 86 valence electrons. The van der Waals surface area contributed by atoms with E-state index in [-0.39, 0.29) is 5.41 Å². The standard InChI is InChI=1S/C13H17BrN2/c1-13(2,3)9-16(4)12-6-10(8-15)5-11(14)7-12/h5-7H,9H2,1-4H3.